The van der Waals surface area contributed by atoms with Crippen LogP contribution in [-0.4, -0.2) is 103 Å². The van der Waals surface area contributed by atoms with Crippen molar-refractivity contribution in [3.8, 4) is 23.1 Å². The van der Waals surface area contributed by atoms with Gasteiger partial charge in [0.05, 0.1) is 38.5 Å². The third-order valence-corrected chi connectivity index (χ3v) is 17.6. The van der Waals surface area contributed by atoms with Crippen molar-refractivity contribution in [3.05, 3.63) is 99.5 Å². The maximum absolute atomic E-state index is 15.1. The van der Waals surface area contributed by atoms with Crippen molar-refractivity contribution >= 4 is 44.0 Å². The van der Waals surface area contributed by atoms with Gasteiger partial charge in [0.2, 0.25) is 0 Å². The van der Waals surface area contributed by atoms with Gasteiger partial charge >= 0.3 is 0 Å². The molecule has 2 saturated carbocycles. The zero-order valence-corrected chi connectivity index (χ0v) is 42.9. The first kappa shape index (κ1) is 50.5. The minimum atomic E-state index is -4.78. The molecule has 1 unspecified atom stereocenters. The SMILES string of the molecule is COC(C)COc1nc2[nH]cc(F)c2cc1Oc1cc(N2CCC3(CC2)CC(N2CCC[C@H]2c2ccccc2C(C)C)C3)ccc1C(=O)NS(=O)(=O)c1cc2c(c([N+](=O)[O-])c1)N[C@@H](C1CCC(C)(O)CC1)CO2. The van der Waals surface area contributed by atoms with Crippen molar-refractivity contribution in [3.63, 3.8) is 0 Å². The largest absolute Gasteiger partial charge is 0.489 e. The van der Waals surface area contributed by atoms with Crippen LogP contribution in [0.2, 0.25) is 0 Å². The quantitative estimate of drug-likeness (QED) is 0.0568. The molecule has 10 rings (SSSR count). The summed E-state index contributed by atoms with van der Waals surface area (Å²) in [6.45, 7) is 10.9. The number of carbonyl (C=O) groups is 1. The number of nitro benzene ring substituents is 1. The number of nitrogens with one attached hydrogen (secondary N) is 3. The highest BCUT2D eigenvalue weighted by Crippen LogP contribution is 2.54. The van der Waals surface area contributed by atoms with E-state index in [2.05, 4.69) is 67.9 Å². The predicted molar refractivity (Wildman–Crippen MR) is 274 cm³/mol. The molecule has 4 fully saturated rings. The number of aromatic nitrogens is 2. The predicted octanol–water partition coefficient (Wildman–Crippen LogP) is 9.76. The summed E-state index contributed by atoms with van der Waals surface area (Å²) >= 11 is 0. The minimum absolute atomic E-state index is 0.0254. The molecule has 2 saturated heterocycles. The van der Waals surface area contributed by atoms with E-state index in [1.54, 1.807) is 26.0 Å². The number of methoxy groups -OCH3 is 1. The molecule has 3 aromatic carbocycles. The Bertz CT molecular complexity index is 2990. The van der Waals surface area contributed by atoms with Gasteiger partial charge in [-0.2, -0.15) is 4.98 Å². The van der Waals surface area contributed by atoms with Crippen LogP contribution in [0.5, 0.6) is 23.1 Å². The Hall–Kier alpha value is -6.02. The van der Waals surface area contributed by atoms with Gasteiger partial charge in [-0.05, 0) is 125 Å². The molecule has 5 aromatic rings. The lowest BCUT2D eigenvalue weighted by Gasteiger charge is -2.56. The first-order chi connectivity index (χ1) is 34.9. The number of likely N-dealkylation sites (tertiary alicyclic amines) is 1. The number of H-pyrrole nitrogens is 1. The number of anilines is 2. The van der Waals surface area contributed by atoms with E-state index in [9.17, 15) is 28.4 Å². The lowest BCUT2D eigenvalue weighted by molar-refractivity contribution is -0.384. The maximum atomic E-state index is 15.1. The molecular weight excluding hydrogens is 958 g/mol. The Labute approximate surface area is 425 Å². The van der Waals surface area contributed by atoms with E-state index in [-0.39, 0.29) is 82.1 Å². The van der Waals surface area contributed by atoms with Crippen LogP contribution in [0.4, 0.5) is 21.5 Å². The first-order valence-corrected chi connectivity index (χ1v) is 27.1. The number of rotatable bonds is 15. The average molecular weight is 1020 g/mol. The van der Waals surface area contributed by atoms with E-state index in [1.807, 2.05) is 0 Å². The molecule has 3 atom stereocenters. The van der Waals surface area contributed by atoms with Crippen molar-refractivity contribution in [2.45, 2.75) is 133 Å². The molecule has 4 N–H and O–H groups in total. The van der Waals surface area contributed by atoms with Gasteiger partial charge in [0.15, 0.2) is 17.2 Å². The second kappa shape index (κ2) is 20.0. The number of nitrogens with zero attached hydrogens (tertiary/aromatic N) is 4. The summed E-state index contributed by atoms with van der Waals surface area (Å²) in [6, 6.07) is 17.9. The van der Waals surface area contributed by atoms with Crippen molar-refractivity contribution < 1.29 is 46.6 Å². The number of fused-ring (bicyclic) bond motifs is 2. The lowest BCUT2D eigenvalue weighted by Crippen LogP contribution is -2.54. The van der Waals surface area contributed by atoms with E-state index in [4.69, 9.17) is 18.9 Å². The zero-order valence-electron chi connectivity index (χ0n) is 42.1. The fraction of sp³-hybridized carbons (Fsp3) is 0.519. The monoisotopic (exact) mass is 1020 g/mol. The molecule has 2 aromatic heterocycles. The van der Waals surface area contributed by atoms with Crippen LogP contribution < -0.4 is 29.1 Å². The van der Waals surface area contributed by atoms with Gasteiger partial charge in [-0.1, -0.05) is 38.1 Å². The summed E-state index contributed by atoms with van der Waals surface area (Å²) < 4.78 is 69.4. The Morgan fingerprint density at radius 2 is 1.78 bits per heavy atom. The molecule has 3 aliphatic heterocycles. The molecule has 0 bridgehead atoms. The standard InChI is InChI=1S/C54H66FN7O10S/c1-32(2)38-9-6-7-10-39(38)44-11-8-20-61(44)36-27-54(28-36)18-21-60(22-19-54)35-12-13-40(46(23-35)72-48-26-41-42(55)29-56-50(41)58-52(48)71-30-33(3)69-5)51(63)59-73(67,68)37-24-45(62(65)66)49-47(25-37)70-31-43(57-49)34-14-16-53(4,64)17-15-34/h6-7,9-10,12-13,23-26,29,32-34,36,43-44,57,64H,8,11,14-22,27-28,30-31H2,1-5H3,(H,56,58)(H,59,63)/t33?,34?,43-,44+,53?/m1/s1. The molecule has 17 nitrogen and oxygen atoms in total. The van der Waals surface area contributed by atoms with Crippen molar-refractivity contribution in [2.75, 3.05) is 50.2 Å². The van der Waals surface area contributed by atoms with Gasteiger partial charge < -0.3 is 39.3 Å². The topological polar surface area (TPSA) is 211 Å². The zero-order chi connectivity index (χ0) is 51.4. The third-order valence-electron chi connectivity index (χ3n) is 16.3. The van der Waals surface area contributed by atoms with Crippen LogP contribution in [0.1, 0.15) is 125 Å². The fourth-order valence-corrected chi connectivity index (χ4v) is 12.9. The normalized spacial score (nSPS) is 23.6. The molecule has 19 heteroatoms. The number of hydrogen-bond donors (Lipinski definition) is 4. The van der Waals surface area contributed by atoms with Crippen LogP contribution >= 0.6 is 0 Å². The summed E-state index contributed by atoms with van der Waals surface area (Å²) in [7, 11) is -3.25. The fourth-order valence-electron chi connectivity index (χ4n) is 11.9. The number of ether oxygens (including phenoxy) is 4. The number of sulfonamides is 1. The van der Waals surface area contributed by atoms with E-state index >= 15 is 4.39 Å². The molecule has 390 valence electrons. The minimum Gasteiger partial charge on any atom is -0.489 e. The molecule has 73 heavy (non-hydrogen) atoms. The van der Waals surface area contributed by atoms with E-state index < -0.39 is 42.9 Å². The number of halogens is 1. The van der Waals surface area contributed by atoms with Crippen LogP contribution in [0.3, 0.4) is 0 Å². The second-order valence-corrected chi connectivity index (χ2v) is 23.3. The van der Waals surface area contributed by atoms with Crippen LogP contribution in [-0.2, 0) is 14.8 Å². The Morgan fingerprint density at radius 3 is 2.51 bits per heavy atom. The molecule has 1 amide bonds. The van der Waals surface area contributed by atoms with E-state index in [0.29, 0.717) is 43.7 Å². The molecule has 1 spiro atoms. The number of hydrogen-bond acceptors (Lipinski definition) is 14. The number of amides is 1. The van der Waals surface area contributed by atoms with Crippen LogP contribution in [0.25, 0.3) is 11.0 Å². The highest BCUT2D eigenvalue weighted by atomic mass is 32.2. The third kappa shape index (κ3) is 10.3. The number of aliphatic hydroxyl groups is 1. The molecule has 5 aliphatic rings. The van der Waals surface area contributed by atoms with Crippen molar-refractivity contribution in [1.82, 2.24) is 19.6 Å². The average Bonchev–Trinajstić information content (AvgIpc) is 4.00. The highest BCUT2D eigenvalue weighted by molar-refractivity contribution is 7.90. The molecular formula is C54H66FN7O10S. The number of carbonyl (C=O) groups excluding carboxylic acids is 1. The summed E-state index contributed by atoms with van der Waals surface area (Å²) in [5, 5.41) is 26.3. The van der Waals surface area contributed by atoms with Crippen molar-refractivity contribution in [1.29, 1.82) is 0 Å². The summed E-state index contributed by atoms with van der Waals surface area (Å²) in [5.74, 6) is -1.31. The molecule has 5 heterocycles. The van der Waals surface area contributed by atoms with Gasteiger partial charge in [-0.25, -0.2) is 17.5 Å². The Morgan fingerprint density at radius 1 is 1.03 bits per heavy atom. The maximum Gasteiger partial charge on any atom is 0.297 e. The smallest absolute Gasteiger partial charge is 0.297 e. The number of piperidine rings is 1. The van der Waals surface area contributed by atoms with E-state index in [0.717, 1.165) is 69.3 Å². The molecule has 0 radical (unpaired) electrons. The van der Waals surface area contributed by atoms with E-state index in [1.165, 1.54) is 43.2 Å². The van der Waals surface area contributed by atoms with Gasteiger partial charge in [-0.15, -0.1) is 0 Å². The number of pyridine rings is 1. The van der Waals surface area contributed by atoms with Crippen LogP contribution in [0.15, 0.2) is 71.8 Å². The highest BCUT2D eigenvalue weighted by Gasteiger charge is 2.50. The summed E-state index contributed by atoms with van der Waals surface area (Å²) in [4.78, 5) is 37.9. The van der Waals surface area contributed by atoms with Crippen LogP contribution in [0, 0.1) is 27.3 Å². The van der Waals surface area contributed by atoms with Gasteiger partial charge in [0.25, 0.3) is 27.5 Å². The number of benzene rings is 3. The van der Waals surface area contributed by atoms with Gasteiger partial charge in [0, 0.05) is 68.4 Å². The Balaban J connectivity index is 0.904. The molecule has 2 aliphatic carbocycles. The lowest BCUT2D eigenvalue weighted by atomic mass is 9.59. The van der Waals surface area contributed by atoms with Crippen molar-refractivity contribution in [2.24, 2.45) is 11.3 Å². The van der Waals surface area contributed by atoms with Gasteiger partial charge in [-0.3, -0.25) is 19.8 Å². The Kier molecular flexibility index (Phi) is 13.8. The summed E-state index contributed by atoms with van der Waals surface area (Å²) in [6.07, 6.45) is 9.92. The number of nitro groups is 1. The summed E-state index contributed by atoms with van der Waals surface area (Å²) in [5.41, 5.74) is 2.59. The van der Waals surface area contributed by atoms with Gasteiger partial charge in [0.1, 0.15) is 30.4 Å². The second-order valence-electron chi connectivity index (χ2n) is 21.6. The first-order valence-electron chi connectivity index (χ1n) is 25.7. The number of aromatic amines is 1.